The van der Waals surface area contributed by atoms with Gasteiger partial charge in [0.2, 0.25) is 0 Å². The van der Waals surface area contributed by atoms with Gasteiger partial charge in [-0.3, -0.25) is 4.90 Å². The van der Waals surface area contributed by atoms with Gasteiger partial charge in [-0.15, -0.1) is 0 Å². The SMILES string of the molecule is Clc1ccc(OCCN2CCCC2C2CCCN2)c(Cl)c1. The third-order valence-electron chi connectivity index (χ3n) is 4.51. The van der Waals surface area contributed by atoms with Crippen LogP contribution in [-0.4, -0.2) is 43.2 Å². The quantitative estimate of drug-likeness (QED) is 0.893. The summed E-state index contributed by atoms with van der Waals surface area (Å²) in [5.74, 6) is 0.718. The van der Waals surface area contributed by atoms with Gasteiger partial charge in [-0.25, -0.2) is 0 Å². The maximum absolute atomic E-state index is 6.12. The second-order valence-electron chi connectivity index (χ2n) is 5.87. The van der Waals surface area contributed by atoms with Gasteiger partial charge in [0, 0.05) is 23.7 Å². The fourth-order valence-corrected chi connectivity index (χ4v) is 3.95. The minimum atomic E-state index is 0.581. The fourth-order valence-electron chi connectivity index (χ4n) is 3.49. The average molecular weight is 329 g/mol. The molecule has 0 spiro atoms. The Bertz CT molecular complexity index is 477. The molecular formula is C16H22Cl2N2O. The molecular weight excluding hydrogens is 307 g/mol. The first kappa shape index (κ1) is 15.4. The zero-order valence-electron chi connectivity index (χ0n) is 12.2. The van der Waals surface area contributed by atoms with E-state index in [-0.39, 0.29) is 0 Å². The average Bonchev–Trinajstić information content (AvgIpc) is 3.11. The number of halogens is 2. The molecule has 2 fully saturated rings. The highest BCUT2D eigenvalue weighted by atomic mass is 35.5. The lowest BCUT2D eigenvalue weighted by Crippen LogP contribution is -2.45. The molecule has 2 unspecified atom stereocenters. The van der Waals surface area contributed by atoms with Gasteiger partial charge < -0.3 is 10.1 Å². The lowest BCUT2D eigenvalue weighted by atomic mass is 10.0. The highest BCUT2D eigenvalue weighted by Crippen LogP contribution is 2.28. The second kappa shape index (κ2) is 7.19. The van der Waals surface area contributed by atoms with Gasteiger partial charge in [-0.05, 0) is 57.0 Å². The van der Waals surface area contributed by atoms with Crippen molar-refractivity contribution in [3.63, 3.8) is 0 Å². The molecule has 116 valence electrons. The minimum Gasteiger partial charge on any atom is -0.491 e. The van der Waals surface area contributed by atoms with Crippen LogP contribution in [0.3, 0.4) is 0 Å². The summed E-state index contributed by atoms with van der Waals surface area (Å²) in [6.07, 6.45) is 5.22. The van der Waals surface area contributed by atoms with Crippen LogP contribution in [0.5, 0.6) is 5.75 Å². The molecule has 2 atom stereocenters. The Morgan fingerprint density at radius 1 is 1.24 bits per heavy atom. The summed E-state index contributed by atoms with van der Waals surface area (Å²) in [4.78, 5) is 2.56. The molecule has 1 aromatic rings. The van der Waals surface area contributed by atoms with Crippen molar-refractivity contribution in [1.29, 1.82) is 0 Å². The molecule has 0 amide bonds. The summed E-state index contributed by atoms with van der Waals surface area (Å²) in [6, 6.07) is 6.72. The van der Waals surface area contributed by atoms with E-state index in [0.29, 0.717) is 28.7 Å². The van der Waals surface area contributed by atoms with Gasteiger partial charge in [0.1, 0.15) is 12.4 Å². The molecule has 21 heavy (non-hydrogen) atoms. The van der Waals surface area contributed by atoms with E-state index in [4.69, 9.17) is 27.9 Å². The van der Waals surface area contributed by atoms with Gasteiger partial charge in [0.25, 0.3) is 0 Å². The van der Waals surface area contributed by atoms with Crippen LogP contribution in [0.25, 0.3) is 0 Å². The van der Waals surface area contributed by atoms with Crippen LogP contribution in [0.2, 0.25) is 10.0 Å². The number of nitrogens with zero attached hydrogens (tertiary/aromatic N) is 1. The third kappa shape index (κ3) is 3.84. The van der Waals surface area contributed by atoms with Crippen molar-refractivity contribution in [1.82, 2.24) is 10.2 Å². The van der Waals surface area contributed by atoms with Crippen molar-refractivity contribution in [2.75, 3.05) is 26.2 Å². The first-order valence-corrected chi connectivity index (χ1v) is 8.55. The number of rotatable bonds is 5. The first-order valence-electron chi connectivity index (χ1n) is 7.79. The van der Waals surface area contributed by atoms with Crippen molar-refractivity contribution < 1.29 is 4.74 Å². The Labute approximate surface area is 136 Å². The third-order valence-corrected chi connectivity index (χ3v) is 5.04. The molecule has 0 aliphatic carbocycles. The molecule has 1 N–H and O–H groups in total. The number of hydrogen-bond donors (Lipinski definition) is 1. The van der Waals surface area contributed by atoms with Gasteiger partial charge in [0.15, 0.2) is 0 Å². The van der Waals surface area contributed by atoms with Gasteiger partial charge >= 0.3 is 0 Å². The molecule has 2 aliphatic rings. The lowest BCUT2D eigenvalue weighted by Gasteiger charge is -2.29. The van der Waals surface area contributed by atoms with Gasteiger partial charge in [-0.2, -0.15) is 0 Å². The topological polar surface area (TPSA) is 24.5 Å². The maximum Gasteiger partial charge on any atom is 0.138 e. The smallest absolute Gasteiger partial charge is 0.138 e. The summed E-state index contributed by atoms with van der Waals surface area (Å²) in [5, 5.41) is 4.85. The van der Waals surface area contributed by atoms with E-state index >= 15 is 0 Å². The van der Waals surface area contributed by atoms with Crippen LogP contribution >= 0.6 is 23.2 Å². The van der Waals surface area contributed by atoms with Crippen LogP contribution < -0.4 is 10.1 Å². The van der Waals surface area contributed by atoms with Crippen LogP contribution in [0.15, 0.2) is 18.2 Å². The second-order valence-corrected chi connectivity index (χ2v) is 6.72. The standard InChI is InChI=1S/C16H22Cl2N2O/c17-12-5-6-16(13(18)11-12)21-10-9-20-8-2-4-15(20)14-3-1-7-19-14/h5-6,11,14-15,19H,1-4,7-10H2. The molecule has 0 bridgehead atoms. The Hall–Kier alpha value is -0.480. The largest absolute Gasteiger partial charge is 0.491 e. The van der Waals surface area contributed by atoms with Crippen LogP contribution in [0.1, 0.15) is 25.7 Å². The lowest BCUT2D eigenvalue weighted by molar-refractivity contribution is 0.174. The zero-order valence-corrected chi connectivity index (χ0v) is 13.7. The van der Waals surface area contributed by atoms with Crippen LogP contribution in [0, 0.1) is 0 Å². The molecule has 5 heteroatoms. The van der Waals surface area contributed by atoms with Gasteiger partial charge in [0.05, 0.1) is 5.02 Å². The molecule has 0 aromatic heterocycles. The molecule has 2 aliphatic heterocycles. The Kier molecular flexibility index (Phi) is 5.28. The number of hydrogen-bond acceptors (Lipinski definition) is 3. The number of nitrogens with one attached hydrogen (secondary N) is 1. The maximum atomic E-state index is 6.12. The van der Waals surface area contributed by atoms with Crippen LogP contribution in [-0.2, 0) is 0 Å². The molecule has 3 rings (SSSR count). The van der Waals surface area contributed by atoms with E-state index in [9.17, 15) is 0 Å². The monoisotopic (exact) mass is 328 g/mol. The molecule has 2 heterocycles. The fraction of sp³-hybridized carbons (Fsp3) is 0.625. The van der Waals surface area contributed by atoms with Crippen molar-refractivity contribution >= 4 is 23.2 Å². The predicted octanol–water partition coefficient (Wildman–Crippen LogP) is 3.59. The van der Waals surface area contributed by atoms with E-state index in [1.165, 1.54) is 38.8 Å². The molecule has 0 radical (unpaired) electrons. The van der Waals surface area contributed by atoms with Crippen molar-refractivity contribution in [3.05, 3.63) is 28.2 Å². The summed E-state index contributed by atoms with van der Waals surface area (Å²) < 4.78 is 5.81. The van der Waals surface area contributed by atoms with E-state index in [1.54, 1.807) is 6.07 Å². The molecule has 1 aromatic carbocycles. The van der Waals surface area contributed by atoms with Crippen molar-refractivity contribution in [2.24, 2.45) is 0 Å². The predicted molar refractivity (Wildman–Crippen MR) is 87.6 cm³/mol. The number of likely N-dealkylation sites (tertiary alicyclic amines) is 1. The Balaban J connectivity index is 1.50. The van der Waals surface area contributed by atoms with E-state index in [0.717, 1.165) is 12.3 Å². The summed E-state index contributed by atoms with van der Waals surface area (Å²) in [5.41, 5.74) is 0. The Morgan fingerprint density at radius 3 is 2.90 bits per heavy atom. The minimum absolute atomic E-state index is 0.581. The summed E-state index contributed by atoms with van der Waals surface area (Å²) in [6.45, 7) is 3.98. The number of ether oxygens (including phenoxy) is 1. The normalized spacial score (nSPS) is 26.4. The highest BCUT2D eigenvalue weighted by Gasteiger charge is 2.32. The summed E-state index contributed by atoms with van der Waals surface area (Å²) in [7, 11) is 0. The van der Waals surface area contributed by atoms with Crippen molar-refractivity contribution in [2.45, 2.75) is 37.8 Å². The van der Waals surface area contributed by atoms with E-state index in [2.05, 4.69) is 10.2 Å². The van der Waals surface area contributed by atoms with Crippen LogP contribution in [0.4, 0.5) is 0 Å². The summed E-state index contributed by atoms with van der Waals surface area (Å²) >= 11 is 12.0. The molecule has 3 nitrogen and oxygen atoms in total. The first-order chi connectivity index (χ1) is 10.2. The molecule has 2 saturated heterocycles. The van der Waals surface area contributed by atoms with Crippen molar-refractivity contribution in [3.8, 4) is 5.75 Å². The highest BCUT2D eigenvalue weighted by molar-refractivity contribution is 6.35. The van der Waals surface area contributed by atoms with E-state index < -0.39 is 0 Å². The zero-order chi connectivity index (χ0) is 14.7. The number of benzene rings is 1. The van der Waals surface area contributed by atoms with Gasteiger partial charge in [-0.1, -0.05) is 23.2 Å². The van der Waals surface area contributed by atoms with E-state index in [1.807, 2.05) is 12.1 Å². The Morgan fingerprint density at radius 2 is 2.14 bits per heavy atom. The molecule has 0 saturated carbocycles.